The molecule has 1 unspecified atom stereocenters. The minimum absolute atomic E-state index is 0.178. The van der Waals surface area contributed by atoms with Crippen LogP contribution in [0.2, 0.25) is 0 Å². The lowest BCUT2D eigenvalue weighted by Gasteiger charge is -2.07. The second-order valence-corrected chi connectivity index (χ2v) is 3.03. The molecule has 0 N–H and O–H groups in total. The smallest absolute Gasteiger partial charge is 0.159 e. The maximum absolute atomic E-state index is 11.1. The monoisotopic (exact) mass is 138 g/mol. The minimum Gasteiger partial charge on any atom is -0.376 e. The Kier molecular flexibility index (Phi) is 1.17. The molecule has 10 heavy (non-hydrogen) atoms. The largest absolute Gasteiger partial charge is 0.376 e. The van der Waals surface area contributed by atoms with Crippen molar-refractivity contribution in [1.29, 1.82) is 0 Å². The fourth-order valence-electron chi connectivity index (χ4n) is 1.64. The quantitative estimate of drug-likeness (QED) is 0.494. The van der Waals surface area contributed by atoms with Crippen LogP contribution in [-0.2, 0) is 9.53 Å². The van der Waals surface area contributed by atoms with Crippen molar-refractivity contribution in [2.45, 2.75) is 6.92 Å². The normalized spacial score (nSPS) is 38.1. The Morgan fingerprint density at radius 3 is 3.20 bits per heavy atom. The third-order valence-corrected chi connectivity index (χ3v) is 2.42. The van der Waals surface area contributed by atoms with Crippen LogP contribution < -0.4 is 0 Å². The van der Waals surface area contributed by atoms with Gasteiger partial charge < -0.3 is 4.74 Å². The highest BCUT2D eigenvalue weighted by Gasteiger charge is 2.36. The van der Waals surface area contributed by atoms with E-state index in [0.717, 1.165) is 6.61 Å². The van der Waals surface area contributed by atoms with Gasteiger partial charge in [-0.15, -0.1) is 0 Å². The van der Waals surface area contributed by atoms with Crippen LogP contribution in [0.4, 0.5) is 0 Å². The third-order valence-electron chi connectivity index (χ3n) is 2.42. The first-order valence-corrected chi connectivity index (χ1v) is 3.61. The number of ether oxygens (including phenoxy) is 1. The first-order chi connectivity index (χ1) is 4.79. The lowest BCUT2D eigenvalue weighted by molar-refractivity contribution is -0.118. The van der Waals surface area contributed by atoms with Crippen LogP contribution >= 0.6 is 0 Å². The van der Waals surface area contributed by atoms with Gasteiger partial charge in [-0.3, -0.25) is 4.79 Å². The van der Waals surface area contributed by atoms with E-state index in [-0.39, 0.29) is 11.7 Å². The van der Waals surface area contributed by atoms with E-state index in [1.807, 2.05) is 6.92 Å². The summed E-state index contributed by atoms with van der Waals surface area (Å²) in [7, 11) is 0. The molecule has 1 heterocycles. The zero-order valence-electron chi connectivity index (χ0n) is 5.96. The van der Waals surface area contributed by atoms with E-state index in [4.69, 9.17) is 4.74 Å². The van der Waals surface area contributed by atoms with Gasteiger partial charge >= 0.3 is 0 Å². The number of allylic oxidation sites excluding steroid dienone is 1. The molecule has 2 heteroatoms. The zero-order valence-corrected chi connectivity index (χ0v) is 5.96. The summed E-state index contributed by atoms with van der Waals surface area (Å²) >= 11 is 0. The van der Waals surface area contributed by atoms with Gasteiger partial charge in [-0.25, -0.2) is 0 Å². The van der Waals surface area contributed by atoms with Crippen LogP contribution in [0.25, 0.3) is 0 Å². The van der Waals surface area contributed by atoms with E-state index in [1.54, 1.807) is 6.08 Å². The highest BCUT2D eigenvalue weighted by atomic mass is 16.5. The Hall–Kier alpha value is -0.630. The molecule has 0 radical (unpaired) electrons. The predicted molar refractivity (Wildman–Crippen MR) is 36.6 cm³/mol. The molecule has 0 aromatic heterocycles. The van der Waals surface area contributed by atoms with Crippen molar-refractivity contribution < 1.29 is 9.53 Å². The molecule has 0 aromatic carbocycles. The summed E-state index contributed by atoms with van der Waals surface area (Å²) in [5, 5.41) is 0. The van der Waals surface area contributed by atoms with E-state index in [2.05, 4.69) is 0 Å². The molecule has 1 aliphatic carbocycles. The van der Waals surface area contributed by atoms with Gasteiger partial charge in [-0.2, -0.15) is 0 Å². The number of rotatable bonds is 0. The summed E-state index contributed by atoms with van der Waals surface area (Å²) in [6, 6.07) is 0. The number of fused-ring (bicyclic) bond motifs is 1. The van der Waals surface area contributed by atoms with E-state index in [0.29, 0.717) is 12.5 Å². The molecule has 0 aromatic rings. The van der Waals surface area contributed by atoms with Crippen molar-refractivity contribution in [2.75, 3.05) is 13.2 Å². The molecule has 0 spiro atoms. The van der Waals surface area contributed by atoms with Gasteiger partial charge in [0.1, 0.15) is 0 Å². The Bertz CT molecular complexity index is 205. The summed E-state index contributed by atoms with van der Waals surface area (Å²) in [6.45, 7) is 3.41. The molecule has 2 rings (SSSR count). The van der Waals surface area contributed by atoms with E-state index >= 15 is 0 Å². The Labute approximate surface area is 59.9 Å². The summed E-state index contributed by atoms with van der Waals surface area (Å²) in [5.41, 5.74) is 1.21. The Morgan fingerprint density at radius 2 is 2.50 bits per heavy atom. The molecule has 1 saturated heterocycles. The molecule has 2 aliphatic rings. The molecule has 54 valence electrons. The highest BCUT2D eigenvalue weighted by molar-refractivity contribution is 5.95. The van der Waals surface area contributed by atoms with Crippen LogP contribution in [0.15, 0.2) is 11.6 Å². The van der Waals surface area contributed by atoms with E-state index in [1.165, 1.54) is 5.57 Å². The average Bonchev–Trinajstić information content (AvgIpc) is 2.41. The molecule has 2 atom stereocenters. The zero-order chi connectivity index (χ0) is 7.14. The van der Waals surface area contributed by atoms with Gasteiger partial charge in [0.25, 0.3) is 0 Å². The van der Waals surface area contributed by atoms with Crippen molar-refractivity contribution in [3.8, 4) is 0 Å². The van der Waals surface area contributed by atoms with E-state index in [9.17, 15) is 4.79 Å². The van der Waals surface area contributed by atoms with Crippen LogP contribution in [0.1, 0.15) is 6.92 Å². The second-order valence-electron chi connectivity index (χ2n) is 3.03. The summed E-state index contributed by atoms with van der Waals surface area (Å²) in [5.74, 6) is 0.869. The van der Waals surface area contributed by atoms with Crippen LogP contribution in [-0.4, -0.2) is 19.0 Å². The second kappa shape index (κ2) is 1.92. The minimum atomic E-state index is 0.178. The lowest BCUT2D eigenvalue weighted by atomic mass is 9.95. The van der Waals surface area contributed by atoms with Gasteiger partial charge in [0.2, 0.25) is 0 Å². The molecular weight excluding hydrogens is 128 g/mol. The number of ketones is 1. The third kappa shape index (κ3) is 0.655. The average molecular weight is 138 g/mol. The predicted octanol–water partition coefficient (Wildman–Crippen LogP) is 0.778. The van der Waals surface area contributed by atoms with Gasteiger partial charge in [0.05, 0.1) is 13.2 Å². The van der Waals surface area contributed by atoms with Gasteiger partial charge in [-0.1, -0.05) is 6.92 Å². The lowest BCUT2D eigenvalue weighted by Crippen LogP contribution is -2.13. The van der Waals surface area contributed by atoms with Crippen LogP contribution in [0.5, 0.6) is 0 Å². The molecule has 2 nitrogen and oxygen atoms in total. The first kappa shape index (κ1) is 6.10. The van der Waals surface area contributed by atoms with Crippen molar-refractivity contribution in [3.05, 3.63) is 11.6 Å². The van der Waals surface area contributed by atoms with Gasteiger partial charge in [-0.05, 0) is 11.6 Å². The van der Waals surface area contributed by atoms with Crippen molar-refractivity contribution in [2.24, 2.45) is 11.8 Å². The van der Waals surface area contributed by atoms with E-state index < -0.39 is 0 Å². The fourth-order valence-corrected chi connectivity index (χ4v) is 1.64. The Balaban J connectivity index is 2.30. The molecule has 0 saturated carbocycles. The molecule has 0 bridgehead atoms. The number of carbonyl (C=O) groups is 1. The maximum atomic E-state index is 11.1. The van der Waals surface area contributed by atoms with Crippen molar-refractivity contribution in [3.63, 3.8) is 0 Å². The molecule has 1 fully saturated rings. The van der Waals surface area contributed by atoms with Gasteiger partial charge in [0.15, 0.2) is 5.78 Å². The standard InChI is InChI=1S/C8H10O2/c1-5-7-4-10-3-6(7)2-8(5)9/h2,5,7H,3-4H2,1H3/t5-,7?/m0/s1. The van der Waals surface area contributed by atoms with Crippen molar-refractivity contribution >= 4 is 5.78 Å². The summed E-state index contributed by atoms with van der Waals surface area (Å²) < 4.78 is 5.21. The maximum Gasteiger partial charge on any atom is 0.159 e. The SMILES string of the molecule is C[C@@H]1C(=O)C=C2COCC21. The summed E-state index contributed by atoms with van der Waals surface area (Å²) in [4.78, 5) is 11.1. The molecule has 0 amide bonds. The summed E-state index contributed by atoms with van der Waals surface area (Å²) in [6.07, 6.45) is 1.75. The topological polar surface area (TPSA) is 26.3 Å². The Morgan fingerprint density at radius 1 is 1.70 bits per heavy atom. The van der Waals surface area contributed by atoms with Crippen LogP contribution in [0.3, 0.4) is 0 Å². The number of carbonyl (C=O) groups excluding carboxylic acids is 1. The molecule has 1 aliphatic heterocycles. The highest BCUT2D eigenvalue weighted by Crippen LogP contribution is 2.33. The van der Waals surface area contributed by atoms with Crippen molar-refractivity contribution in [1.82, 2.24) is 0 Å². The fraction of sp³-hybridized carbons (Fsp3) is 0.625. The number of hydrogen-bond donors (Lipinski definition) is 0. The molecular formula is C8H10O2. The van der Waals surface area contributed by atoms with Crippen LogP contribution in [0, 0.1) is 11.8 Å². The van der Waals surface area contributed by atoms with Gasteiger partial charge in [0, 0.05) is 11.8 Å². The first-order valence-electron chi connectivity index (χ1n) is 3.61. The number of hydrogen-bond acceptors (Lipinski definition) is 2.